The number of esters is 1. The van der Waals surface area contributed by atoms with Crippen molar-refractivity contribution in [2.45, 2.75) is 39.7 Å². The monoisotopic (exact) mass is 565 g/mol. The number of thiazole rings is 1. The average Bonchev–Trinajstić information content (AvgIpc) is 3.52. The zero-order chi connectivity index (χ0) is 26.4. The average molecular weight is 566 g/mol. The number of halogens is 1. The van der Waals surface area contributed by atoms with Crippen molar-refractivity contribution in [2.75, 3.05) is 36.6 Å². The smallest absolute Gasteiger partial charge is 0.341 e. The van der Waals surface area contributed by atoms with Gasteiger partial charge in [0.1, 0.15) is 10.8 Å². The van der Waals surface area contributed by atoms with Crippen LogP contribution in [-0.4, -0.2) is 53.7 Å². The summed E-state index contributed by atoms with van der Waals surface area (Å²) in [6.07, 6.45) is 2.68. The fraction of sp³-hybridized carbons (Fsp3) is 0.440. The molecule has 3 aromatic rings. The van der Waals surface area contributed by atoms with Crippen molar-refractivity contribution >= 4 is 67.4 Å². The molecule has 2 aromatic heterocycles. The molecule has 2 amide bonds. The van der Waals surface area contributed by atoms with E-state index in [9.17, 15) is 18.8 Å². The highest BCUT2D eigenvalue weighted by molar-refractivity contribution is 8.00. The van der Waals surface area contributed by atoms with Crippen LogP contribution in [-0.2, 0) is 38.4 Å². The Hall–Kier alpha value is -2.54. The molecule has 0 saturated heterocycles. The van der Waals surface area contributed by atoms with Gasteiger partial charge in [0.25, 0.3) is 5.91 Å². The maximum Gasteiger partial charge on any atom is 0.341 e. The number of carbonyl (C=O) groups excluding carboxylic acids is 3. The number of rotatable bonds is 11. The minimum absolute atomic E-state index is 0.00710. The summed E-state index contributed by atoms with van der Waals surface area (Å²) in [5, 5.41) is 3.34. The molecular weight excluding hydrogens is 537 g/mol. The van der Waals surface area contributed by atoms with Crippen LogP contribution in [0.1, 0.15) is 41.1 Å². The maximum absolute atomic E-state index is 13.7. The Balaban J connectivity index is 1.39. The fourth-order valence-corrected chi connectivity index (χ4v) is 7.08. The molecule has 1 aliphatic rings. The number of aryl methyl sites for hydroxylation is 1. The lowest BCUT2D eigenvalue weighted by molar-refractivity contribution is -0.115. The predicted molar refractivity (Wildman–Crippen MR) is 145 cm³/mol. The van der Waals surface area contributed by atoms with Gasteiger partial charge in [0.15, 0.2) is 4.80 Å². The number of amides is 2. The first kappa shape index (κ1) is 27.5. The van der Waals surface area contributed by atoms with Crippen LogP contribution in [0.15, 0.2) is 23.2 Å². The zero-order valence-electron chi connectivity index (χ0n) is 20.6. The van der Waals surface area contributed by atoms with Crippen LogP contribution in [0, 0.1) is 5.82 Å². The van der Waals surface area contributed by atoms with Crippen molar-refractivity contribution in [3.05, 3.63) is 44.8 Å². The summed E-state index contributed by atoms with van der Waals surface area (Å²) < 4.78 is 26.9. The molecule has 198 valence electrons. The van der Waals surface area contributed by atoms with E-state index in [4.69, 9.17) is 9.47 Å². The van der Waals surface area contributed by atoms with Crippen molar-refractivity contribution in [1.29, 1.82) is 0 Å². The number of nitrogens with zero attached hydrogens (tertiary/aromatic N) is 2. The molecule has 0 saturated carbocycles. The molecule has 2 heterocycles. The zero-order valence-corrected chi connectivity index (χ0v) is 23.1. The molecule has 8 nitrogen and oxygen atoms in total. The Morgan fingerprint density at radius 1 is 1.16 bits per heavy atom. The van der Waals surface area contributed by atoms with Gasteiger partial charge in [-0.05, 0) is 56.9 Å². The highest BCUT2D eigenvalue weighted by atomic mass is 32.2. The molecule has 37 heavy (non-hydrogen) atoms. The molecule has 0 aliphatic heterocycles. The summed E-state index contributed by atoms with van der Waals surface area (Å²) in [5.41, 5.74) is 2.22. The fourth-order valence-electron chi connectivity index (χ4n) is 4.09. The van der Waals surface area contributed by atoms with E-state index in [1.807, 2.05) is 11.5 Å². The quantitative estimate of drug-likeness (QED) is 0.273. The number of hydrogen-bond donors (Lipinski definition) is 1. The summed E-state index contributed by atoms with van der Waals surface area (Å²) >= 11 is 3.80. The highest BCUT2D eigenvalue weighted by Gasteiger charge is 2.28. The Morgan fingerprint density at radius 3 is 2.78 bits per heavy atom. The number of thiophene rings is 1. The Bertz CT molecular complexity index is 1380. The highest BCUT2D eigenvalue weighted by Crippen LogP contribution is 2.39. The molecule has 0 radical (unpaired) electrons. The van der Waals surface area contributed by atoms with Crippen LogP contribution >= 0.6 is 34.4 Å². The van der Waals surface area contributed by atoms with Gasteiger partial charge in [-0.15, -0.1) is 23.1 Å². The van der Waals surface area contributed by atoms with E-state index in [2.05, 4.69) is 10.3 Å². The SMILES string of the molecule is CCOCCn1c(=NC(=O)CSCC(=O)Nc2sc3c(c2C(=O)OCC)CCC3)sc2cc(F)ccc21. The topological polar surface area (TPSA) is 99.0 Å². The third-order valence-corrected chi connectivity index (χ3v) is 8.81. The summed E-state index contributed by atoms with van der Waals surface area (Å²) in [6, 6.07) is 4.47. The van der Waals surface area contributed by atoms with E-state index < -0.39 is 11.9 Å². The van der Waals surface area contributed by atoms with Gasteiger partial charge < -0.3 is 19.4 Å². The van der Waals surface area contributed by atoms with Gasteiger partial charge in [-0.1, -0.05) is 11.3 Å². The van der Waals surface area contributed by atoms with Gasteiger partial charge in [0.05, 0.1) is 40.5 Å². The second kappa shape index (κ2) is 12.8. The third kappa shape index (κ3) is 6.67. The summed E-state index contributed by atoms with van der Waals surface area (Å²) in [5.74, 6) is -1.42. The Kier molecular flexibility index (Phi) is 9.52. The van der Waals surface area contributed by atoms with Gasteiger partial charge in [-0.25, -0.2) is 9.18 Å². The minimum Gasteiger partial charge on any atom is -0.462 e. The van der Waals surface area contributed by atoms with Crippen molar-refractivity contribution in [2.24, 2.45) is 4.99 Å². The molecule has 0 fully saturated rings. The molecule has 1 aromatic carbocycles. The lowest BCUT2D eigenvalue weighted by atomic mass is 10.1. The minimum atomic E-state index is -0.417. The van der Waals surface area contributed by atoms with Gasteiger partial charge in [-0.2, -0.15) is 4.99 Å². The van der Waals surface area contributed by atoms with Crippen molar-refractivity contribution in [1.82, 2.24) is 4.57 Å². The van der Waals surface area contributed by atoms with Crippen LogP contribution in [0.2, 0.25) is 0 Å². The lowest BCUT2D eigenvalue weighted by Gasteiger charge is -2.07. The molecular formula is C25H28FN3O5S3. The van der Waals surface area contributed by atoms with Gasteiger partial charge in [0.2, 0.25) is 5.91 Å². The third-order valence-electron chi connectivity index (χ3n) is 5.64. The predicted octanol–water partition coefficient (Wildman–Crippen LogP) is 4.40. The van der Waals surface area contributed by atoms with Crippen molar-refractivity contribution in [3.63, 3.8) is 0 Å². The number of anilines is 1. The molecule has 4 rings (SSSR count). The first-order valence-electron chi connectivity index (χ1n) is 12.0. The lowest BCUT2D eigenvalue weighted by Crippen LogP contribution is -2.20. The molecule has 0 spiro atoms. The normalized spacial score (nSPS) is 13.2. The molecule has 12 heteroatoms. The van der Waals surface area contributed by atoms with Gasteiger partial charge in [0, 0.05) is 18.0 Å². The number of carbonyl (C=O) groups is 3. The van der Waals surface area contributed by atoms with Crippen LogP contribution in [0.5, 0.6) is 0 Å². The van der Waals surface area contributed by atoms with E-state index in [0.717, 1.165) is 47.0 Å². The summed E-state index contributed by atoms with van der Waals surface area (Å²) in [7, 11) is 0. The molecule has 0 atom stereocenters. The van der Waals surface area contributed by atoms with E-state index in [-0.39, 0.29) is 29.8 Å². The maximum atomic E-state index is 13.7. The van der Waals surface area contributed by atoms with Crippen LogP contribution in [0.3, 0.4) is 0 Å². The van der Waals surface area contributed by atoms with Gasteiger partial charge in [-0.3, -0.25) is 9.59 Å². The molecule has 1 aliphatic carbocycles. The number of aromatic nitrogens is 1. The largest absolute Gasteiger partial charge is 0.462 e. The van der Waals surface area contributed by atoms with Crippen LogP contribution in [0.25, 0.3) is 10.2 Å². The number of nitrogens with one attached hydrogen (secondary N) is 1. The summed E-state index contributed by atoms with van der Waals surface area (Å²) in [4.78, 5) is 43.5. The van der Waals surface area contributed by atoms with Gasteiger partial charge >= 0.3 is 5.97 Å². The van der Waals surface area contributed by atoms with E-state index in [1.54, 1.807) is 13.0 Å². The van der Waals surface area contributed by atoms with Crippen LogP contribution < -0.4 is 10.1 Å². The first-order valence-corrected chi connectivity index (χ1v) is 14.8. The second-order valence-electron chi connectivity index (χ2n) is 8.17. The number of ether oxygens (including phenoxy) is 2. The van der Waals surface area contributed by atoms with E-state index >= 15 is 0 Å². The molecule has 0 bridgehead atoms. The Labute approximate surface area is 225 Å². The summed E-state index contributed by atoms with van der Waals surface area (Å²) in [6.45, 7) is 5.40. The van der Waals surface area contributed by atoms with E-state index in [0.29, 0.717) is 39.8 Å². The Morgan fingerprint density at radius 2 is 2.00 bits per heavy atom. The first-order chi connectivity index (χ1) is 17.9. The van der Waals surface area contributed by atoms with Crippen LogP contribution in [0.4, 0.5) is 9.39 Å². The van der Waals surface area contributed by atoms with Crippen molar-refractivity contribution in [3.8, 4) is 0 Å². The number of fused-ring (bicyclic) bond motifs is 2. The second-order valence-corrected chi connectivity index (χ2v) is 11.3. The number of hydrogen-bond acceptors (Lipinski definition) is 8. The van der Waals surface area contributed by atoms with Crippen molar-refractivity contribution < 1.29 is 28.2 Å². The number of benzene rings is 1. The molecule has 1 N–H and O–H groups in total. The molecule has 0 unspecified atom stereocenters. The number of thioether (sulfide) groups is 1. The van der Waals surface area contributed by atoms with E-state index in [1.165, 1.54) is 34.8 Å². The standard InChI is InChI=1S/C25H28FN3O5S3/c1-3-33-11-10-29-17-9-8-15(26)12-19(17)37-25(29)28-21(31)14-35-13-20(30)27-23-22(24(32)34-4-2)16-6-5-7-18(16)36-23/h8-9,12H,3-7,10-11,13-14H2,1-2H3,(H,27,30).